The van der Waals surface area contributed by atoms with Crippen molar-refractivity contribution >= 4 is 39.6 Å². The van der Waals surface area contributed by atoms with E-state index in [0.717, 1.165) is 46.7 Å². The van der Waals surface area contributed by atoms with E-state index in [0.29, 0.717) is 0 Å². The zero-order valence-electron chi connectivity index (χ0n) is 15.8. The minimum atomic E-state index is -0.313. The summed E-state index contributed by atoms with van der Waals surface area (Å²) in [6.07, 6.45) is 5.27. The van der Waals surface area contributed by atoms with Gasteiger partial charge in [-0.1, -0.05) is 50.5 Å². The van der Waals surface area contributed by atoms with Gasteiger partial charge in [0.05, 0.1) is 5.69 Å². The Hall–Kier alpha value is -1.72. The normalized spacial score (nSPS) is 15.9. The molecule has 2 aromatic rings. The predicted octanol–water partition coefficient (Wildman–Crippen LogP) is 6.91. The highest BCUT2D eigenvalue weighted by Gasteiger charge is 2.34. The monoisotopic (exact) mass is 399 g/mol. The Kier molecular flexibility index (Phi) is 6.66. The topological polar surface area (TPSA) is 46.2 Å². The molecule has 0 spiro atoms. The highest BCUT2D eigenvalue weighted by Crippen LogP contribution is 2.39. The predicted molar refractivity (Wildman–Crippen MR) is 115 cm³/mol. The number of carbonyl (C=O) groups is 2. The molecule has 0 radical (unpaired) electrons. The van der Waals surface area contributed by atoms with Crippen LogP contribution in [0.3, 0.4) is 0 Å². The summed E-state index contributed by atoms with van der Waals surface area (Å²) in [5, 5.41) is 3.11. The van der Waals surface area contributed by atoms with E-state index in [1.54, 1.807) is 0 Å². The first-order valence-corrected chi connectivity index (χ1v) is 11.0. The maximum Gasteiger partial charge on any atom is 0.255 e. The molecular weight excluding hydrogens is 374 g/mol. The van der Waals surface area contributed by atoms with Crippen LogP contribution < -0.4 is 5.32 Å². The fourth-order valence-corrected chi connectivity index (χ4v) is 5.10. The van der Waals surface area contributed by atoms with Gasteiger partial charge in [0, 0.05) is 15.2 Å². The molecule has 1 N–H and O–H groups in total. The molecule has 27 heavy (non-hydrogen) atoms. The van der Waals surface area contributed by atoms with Crippen LogP contribution in [0.15, 0.2) is 58.3 Å². The Balaban J connectivity index is 1.73. The quantitative estimate of drug-likeness (QED) is 0.568. The van der Waals surface area contributed by atoms with Crippen molar-refractivity contribution in [3.8, 4) is 0 Å². The molecule has 142 valence electrons. The van der Waals surface area contributed by atoms with Gasteiger partial charge >= 0.3 is 0 Å². The standard InChI is InChI=1S/C22H25NO2S2/c1-16-11-12-19(27-21(25)26-17-9-5-3-6-10-17)18(15-16)23-20(24)22(2)13-7-4-8-14-22/h3,5-6,9-12,15H,4,7-8,13-14H2,1-2H3,(H,23,24). The van der Waals surface area contributed by atoms with E-state index in [-0.39, 0.29) is 15.8 Å². The van der Waals surface area contributed by atoms with Gasteiger partial charge in [-0.25, -0.2) is 0 Å². The number of rotatable bonds is 4. The van der Waals surface area contributed by atoms with Crippen molar-refractivity contribution in [2.45, 2.75) is 55.7 Å². The van der Waals surface area contributed by atoms with Gasteiger partial charge in [-0.05, 0) is 73.1 Å². The van der Waals surface area contributed by atoms with Gasteiger partial charge < -0.3 is 5.32 Å². The van der Waals surface area contributed by atoms with E-state index in [4.69, 9.17) is 0 Å². The van der Waals surface area contributed by atoms with Crippen molar-refractivity contribution < 1.29 is 9.59 Å². The van der Waals surface area contributed by atoms with E-state index < -0.39 is 0 Å². The third-order valence-corrected chi connectivity index (χ3v) is 6.94. The minimum Gasteiger partial charge on any atom is -0.325 e. The first-order chi connectivity index (χ1) is 13.0. The van der Waals surface area contributed by atoms with Gasteiger partial charge in [0.2, 0.25) is 5.91 Å². The SMILES string of the molecule is Cc1ccc(SC(=O)Sc2ccccc2)c(NC(=O)C2(C)CCCCC2)c1. The Morgan fingerprint density at radius 1 is 0.963 bits per heavy atom. The number of amides is 1. The molecule has 0 saturated heterocycles. The highest BCUT2D eigenvalue weighted by atomic mass is 32.2. The summed E-state index contributed by atoms with van der Waals surface area (Å²) in [5.41, 5.74) is 1.48. The third-order valence-electron chi connectivity index (χ3n) is 5.03. The lowest BCUT2D eigenvalue weighted by Gasteiger charge is -2.32. The number of aryl methyl sites for hydroxylation is 1. The lowest BCUT2D eigenvalue weighted by Crippen LogP contribution is -2.35. The van der Waals surface area contributed by atoms with Crippen molar-refractivity contribution in [2.75, 3.05) is 5.32 Å². The summed E-state index contributed by atoms with van der Waals surface area (Å²) < 4.78 is -0.00979. The van der Waals surface area contributed by atoms with Crippen LogP contribution in [-0.2, 0) is 4.79 Å². The number of anilines is 1. The molecule has 0 unspecified atom stereocenters. The summed E-state index contributed by atoms with van der Waals surface area (Å²) >= 11 is 2.38. The Morgan fingerprint density at radius 3 is 2.37 bits per heavy atom. The second kappa shape index (κ2) is 8.98. The maximum atomic E-state index is 12.9. The second-order valence-corrected chi connectivity index (χ2v) is 9.66. The van der Waals surface area contributed by atoms with Crippen molar-refractivity contribution in [2.24, 2.45) is 5.41 Å². The molecule has 0 atom stereocenters. The van der Waals surface area contributed by atoms with E-state index in [1.807, 2.05) is 55.5 Å². The van der Waals surface area contributed by atoms with Gasteiger partial charge in [0.15, 0.2) is 0 Å². The van der Waals surface area contributed by atoms with Gasteiger partial charge in [0.1, 0.15) is 0 Å². The smallest absolute Gasteiger partial charge is 0.255 e. The fraction of sp³-hybridized carbons (Fsp3) is 0.364. The molecule has 0 aliphatic heterocycles. The molecule has 1 aliphatic rings. The van der Waals surface area contributed by atoms with Gasteiger partial charge in [-0.15, -0.1) is 0 Å². The third kappa shape index (κ3) is 5.39. The van der Waals surface area contributed by atoms with Crippen molar-refractivity contribution in [1.82, 2.24) is 0 Å². The van der Waals surface area contributed by atoms with Crippen molar-refractivity contribution in [3.05, 3.63) is 54.1 Å². The van der Waals surface area contributed by atoms with E-state index >= 15 is 0 Å². The van der Waals surface area contributed by atoms with Crippen LogP contribution in [0.4, 0.5) is 10.5 Å². The van der Waals surface area contributed by atoms with Crippen LogP contribution in [0.1, 0.15) is 44.6 Å². The Morgan fingerprint density at radius 2 is 1.67 bits per heavy atom. The van der Waals surface area contributed by atoms with Crippen LogP contribution in [0.5, 0.6) is 0 Å². The Bertz CT molecular complexity index is 814. The summed E-state index contributed by atoms with van der Waals surface area (Å²) in [6.45, 7) is 4.05. The minimum absolute atomic E-state index is 0.00979. The molecule has 0 bridgehead atoms. The summed E-state index contributed by atoms with van der Waals surface area (Å²) in [7, 11) is 0. The maximum absolute atomic E-state index is 12.9. The summed E-state index contributed by atoms with van der Waals surface area (Å²) in [5.74, 6) is 0.0674. The molecule has 3 rings (SSSR count). The summed E-state index contributed by atoms with van der Waals surface area (Å²) in [6, 6.07) is 15.5. The number of hydrogen-bond donors (Lipinski definition) is 1. The lowest BCUT2D eigenvalue weighted by molar-refractivity contribution is -0.126. The van der Waals surface area contributed by atoms with Crippen LogP contribution >= 0.6 is 23.5 Å². The lowest BCUT2D eigenvalue weighted by atomic mass is 9.75. The average Bonchev–Trinajstić information content (AvgIpc) is 2.65. The van der Waals surface area contributed by atoms with Crippen LogP contribution in [-0.4, -0.2) is 10.4 Å². The van der Waals surface area contributed by atoms with Crippen LogP contribution in [0.25, 0.3) is 0 Å². The van der Waals surface area contributed by atoms with Crippen molar-refractivity contribution in [1.29, 1.82) is 0 Å². The molecule has 1 saturated carbocycles. The largest absolute Gasteiger partial charge is 0.325 e. The van der Waals surface area contributed by atoms with E-state index in [2.05, 4.69) is 12.2 Å². The molecule has 1 amide bonds. The number of carbonyl (C=O) groups excluding carboxylic acids is 2. The molecule has 3 nitrogen and oxygen atoms in total. The number of hydrogen-bond acceptors (Lipinski definition) is 4. The molecule has 2 aromatic carbocycles. The zero-order valence-corrected chi connectivity index (χ0v) is 17.4. The molecule has 1 fully saturated rings. The van der Waals surface area contributed by atoms with Gasteiger partial charge in [0.25, 0.3) is 4.45 Å². The Labute approximate surface area is 169 Å². The number of thioether (sulfide) groups is 2. The van der Waals surface area contributed by atoms with Crippen molar-refractivity contribution in [3.63, 3.8) is 0 Å². The molecular formula is C22H25NO2S2. The highest BCUT2D eigenvalue weighted by molar-refractivity contribution is 8.38. The number of nitrogens with one attached hydrogen (secondary N) is 1. The van der Waals surface area contributed by atoms with Crippen LogP contribution in [0.2, 0.25) is 0 Å². The average molecular weight is 400 g/mol. The second-order valence-electron chi connectivity index (χ2n) is 7.34. The first kappa shape index (κ1) is 20.0. The molecule has 5 heteroatoms. The van der Waals surface area contributed by atoms with E-state index in [9.17, 15) is 9.59 Å². The van der Waals surface area contributed by atoms with Gasteiger partial charge in [-0.2, -0.15) is 0 Å². The summed E-state index contributed by atoms with van der Waals surface area (Å²) in [4.78, 5) is 27.1. The molecule has 0 heterocycles. The molecule has 1 aliphatic carbocycles. The fourth-order valence-electron chi connectivity index (χ4n) is 3.36. The zero-order chi connectivity index (χ0) is 19.3. The molecule has 0 aromatic heterocycles. The first-order valence-electron chi connectivity index (χ1n) is 9.33. The van der Waals surface area contributed by atoms with E-state index in [1.165, 1.54) is 29.9 Å². The van der Waals surface area contributed by atoms with Crippen LogP contribution in [0, 0.1) is 12.3 Å². The number of benzene rings is 2. The van der Waals surface area contributed by atoms with Gasteiger partial charge in [-0.3, -0.25) is 9.59 Å².